The Hall–Kier alpha value is -1.08. The molecule has 4 aliphatic rings. The molecule has 194 valence electrons. The molecule has 1 nitrogen and oxygen atoms in total. The number of benzene rings is 1. The van der Waals surface area contributed by atoms with Crippen molar-refractivity contribution in [3.63, 3.8) is 0 Å². The molecular weight excluding hydrogens is 424 g/mol. The summed E-state index contributed by atoms with van der Waals surface area (Å²) < 4.78 is 0. The molecule has 0 radical (unpaired) electrons. The minimum absolute atomic E-state index is 0.230. The van der Waals surface area contributed by atoms with Crippen LogP contribution in [0.25, 0.3) is 0 Å². The van der Waals surface area contributed by atoms with Crippen molar-refractivity contribution in [2.75, 3.05) is 0 Å². The Morgan fingerprint density at radius 2 is 1.66 bits per heavy atom. The van der Waals surface area contributed by atoms with Gasteiger partial charge in [-0.05, 0) is 115 Å². The molecule has 3 fully saturated rings. The van der Waals surface area contributed by atoms with Crippen LogP contribution in [0.4, 0.5) is 0 Å². The highest BCUT2D eigenvalue weighted by Crippen LogP contribution is 2.68. The van der Waals surface area contributed by atoms with Crippen molar-refractivity contribution >= 4 is 0 Å². The summed E-state index contributed by atoms with van der Waals surface area (Å²) in [6.07, 6.45) is 15.5. The van der Waals surface area contributed by atoms with E-state index in [-0.39, 0.29) is 6.10 Å². The molecule has 8 atom stereocenters. The molecule has 1 aromatic carbocycles. The smallest absolute Gasteiger partial charge is 0.0756 e. The second kappa shape index (κ2) is 10.00. The SMILES string of the molecule is CC(C)CCC[C@@H](C)[C@H]1CC[C@H]2[C@@H]3CCC4=C(Cc5ccccc5)[C@H](O)CC[C@]4(C)[C@H]3CC[C@]12C. The Morgan fingerprint density at radius 3 is 2.40 bits per heavy atom. The monoisotopic (exact) mass is 476 g/mol. The van der Waals surface area contributed by atoms with E-state index in [0.29, 0.717) is 10.8 Å². The van der Waals surface area contributed by atoms with Crippen LogP contribution in [0.15, 0.2) is 41.5 Å². The van der Waals surface area contributed by atoms with Crippen molar-refractivity contribution in [1.82, 2.24) is 0 Å². The van der Waals surface area contributed by atoms with Crippen LogP contribution in [0.1, 0.15) is 111 Å². The lowest BCUT2D eigenvalue weighted by atomic mass is 9.45. The Balaban J connectivity index is 1.36. The van der Waals surface area contributed by atoms with Gasteiger partial charge in [-0.2, -0.15) is 0 Å². The molecule has 0 unspecified atom stereocenters. The summed E-state index contributed by atoms with van der Waals surface area (Å²) >= 11 is 0. The summed E-state index contributed by atoms with van der Waals surface area (Å²) in [6.45, 7) is 12.7. The zero-order valence-corrected chi connectivity index (χ0v) is 23.4. The molecule has 35 heavy (non-hydrogen) atoms. The van der Waals surface area contributed by atoms with Gasteiger partial charge in [-0.25, -0.2) is 0 Å². The molecule has 1 aromatic rings. The predicted molar refractivity (Wildman–Crippen MR) is 148 cm³/mol. The summed E-state index contributed by atoms with van der Waals surface area (Å²) in [7, 11) is 0. The second-order valence-electron chi connectivity index (χ2n) is 14.1. The maximum absolute atomic E-state index is 11.1. The van der Waals surface area contributed by atoms with Crippen molar-refractivity contribution in [1.29, 1.82) is 0 Å². The molecule has 0 aromatic heterocycles. The first-order valence-corrected chi connectivity index (χ1v) is 15.2. The summed E-state index contributed by atoms with van der Waals surface area (Å²) in [5.74, 6) is 5.34. The van der Waals surface area contributed by atoms with E-state index in [1.54, 1.807) is 5.57 Å². The fourth-order valence-corrected chi connectivity index (χ4v) is 10.0. The van der Waals surface area contributed by atoms with E-state index < -0.39 is 0 Å². The van der Waals surface area contributed by atoms with Crippen molar-refractivity contribution in [3.05, 3.63) is 47.0 Å². The highest BCUT2D eigenvalue weighted by Gasteiger charge is 2.59. The summed E-state index contributed by atoms with van der Waals surface area (Å²) in [6, 6.07) is 10.9. The van der Waals surface area contributed by atoms with Crippen LogP contribution in [0.2, 0.25) is 0 Å². The lowest BCUT2D eigenvalue weighted by molar-refractivity contribution is -0.0640. The van der Waals surface area contributed by atoms with E-state index >= 15 is 0 Å². The Kier molecular flexibility index (Phi) is 7.30. The average Bonchev–Trinajstić information content (AvgIpc) is 3.19. The van der Waals surface area contributed by atoms with Gasteiger partial charge in [0.25, 0.3) is 0 Å². The maximum atomic E-state index is 11.1. The number of allylic oxidation sites excluding steroid dienone is 1. The van der Waals surface area contributed by atoms with Crippen LogP contribution >= 0.6 is 0 Å². The highest BCUT2D eigenvalue weighted by atomic mass is 16.3. The zero-order chi connectivity index (χ0) is 24.8. The number of hydrogen-bond acceptors (Lipinski definition) is 1. The third-order valence-corrected chi connectivity index (χ3v) is 11.8. The predicted octanol–water partition coefficient (Wildman–Crippen LogP) is 9.00. The fraction of sp³-hybridized carbons (Fsp3) is 0.765. The summed E-state index contributed by atoms with van der Waals surface area (Å²) in [5.41, 5.74) is 5.30. The quantitative estimate of drug-likeness (QED) is 0.389. The van der Waals surface area contributed by atoms with Gasteiger partial charge >= 0.3 is 0 Å². The fourth-order valence-electron chi connectivity index (χ4n) is 10.0. The molecule has 0 spiro atoms. The van der Waals surface area contributed by atoms with Gasteiger partial charge in [-0.3, -0.25) is 0 Å². The van der Waals surface area contributed by atoms with Crippen LogP contribution in [0.3, 0.4) is 0 Å². The first kappa shape index (κ1) is 25.6. The first-order chi connectivity index (χ1) is 16.7. The van der Waals surface area contributed by atoms with Crippen LogP contribution in [0, 0.1) is 46.3 Å². The van der Waals surface area contributed by atoms with Gasteiger partial charge in [0.2, 0.25) is 0 Å². The van der Waals surface area contributed by atoms with E-state index in [0.717, 1.165) is 48.3 Å². The summed E-state index contributed by atoms with van der Waals surface area (Å²) in [5, 5.41) is 11.1. The molecule has 1 N–H and O–H groups in total. The van der Waals surface area contributed by atoms with Gasteiger partial charge in [0.1, 0.15) is 0 Å². The minimum atomic E-state index is -0.230. The number of hydrogen-bond donors (Lipinski definition) is 1. The molecule has 1 heteroatoms. The van der Waals surface area contributed by atoms with Crippen LogP contribution in [-0.4, -0.2) is 11.2 Å². The standard InChI is InChI=1S/C34H52O/c1-23(2)10-9-11-24(3)28-16-17-29-26-14-15-30-27(22-25-12-7-6-8-13-25)32(35)19-21-34(30,5)31(26)18-20-33(28,29)4/h6-8,12-13,23-24,26,28-29,31-32,35H,9-11,14-22H2,1-5H3/t24-,26+,28-,29+,31+,32-,33-,34+/m1/s1. The molecule has 0 heterocycles. The Morgan fingerprint density at radius 1 is 0.886 bits per heavy atom. The van der Waals surface area contributed by atoms with E-state index in [2.05, 4.69) is 65.0 Å². The van der Waals surface area contributed by atoms with Crippen LogP contribution in [-0.2, 0) is 6.42 Å². The van der Waals surface area contributed by atoms with E-state index in [9.17, 15) is 5.11 Å². The molecule has 0 aliphatic heterocycles. The highest BCUT2D eigenvalue weighted by molar-refractivity contribution is 5.36. The Bertz CT molecular complexity index is 898. The normalized spacial score (nSPS) is 39.8. The van der Waals surface area contributed by atoms with Crippen molar-refractivity contribution < 1.29 is 5.11 Å². The maximum Gasteiger partial charge on any atom is 0.0756 e. The van der Waals surface area contributed by atoms with Crippen molar-refractivity contribution in [2.45, 2.75) is 118 Å². The van der Waals surface area contributed by atoms with E-state index in [4.69, 9.17) is 0 Å². The zero-order valence-electron chi connectivity index (χ0n) is 23.4. The van der Waals surface area contributed by atoms with Gasteiger partial charge in [0.15, 0.2) is 0 Å². The molecule has 0 amide bonds. The van der Waals surface area contributed by atoms with Gasteiger partial charge < -0.3 is 5.11 Å². The first-order valence-electron chi connectivity index (χ1n) is 15.2. The number of aliphatic hydroxyl groups is 1. The van der Waals surface area contributed by atoms with Gasteiger partial charge in [0.05, 0.1) is 6.10 Å². The van der Waals surface area contributed by atoms with E-state index in [1.807, 2.05) is 0 Å². The third-order valence-electron chi connectivity index (χ3n) is 11.8. The Labute approximate surface area is 216 Å². The molecule has 4 aliphatic carbocycles. The van der Waals surface area contributed by atoms with Crippen LogP contribution < -0.4 is 0 Å². The third kappa shape index (κ3) is 4.58. The van der Waals surface area contributed by atoms with Gasteiger partial charge in [-0.1, -0.05) is 89.8 Å². The number of aliphatic hydroxyl groups excluding tert-OH is 1. The molecule has 3 saturated carbocycles. The molecule has 5 rings (SSSR count). The van der Waals surface area contributed by atoms with Crippen molar-refractivity contribution in [2.24, 2.45) is 46.3 Å². The van der Waals surface area contributed by atoms with Crippen molar-refractivity contribution in [3.8, 4) is 0 Å². The molecule has 0 saturated heterocycles. The summed E-state index contributed by atoms with van der Waals surface area (Å²) in [4.78, 5) is 0. The minimum Gasteiger partial charge on any atom is -0.389 e. The number of fused-ring (bicyclic) bond motifs is 5. The van der Waals surface area contributed by atoms with Gasteiger partial charge in [-0.15, -0.1) is 0 Å². The largest absolute Gasteiger partial charge is 0.389 e. The van der Waals surface area contributed by atoms with Gasteiger partial charge in [0, 0.05) is 0 Å². The lowest BCUT2D eigenvalue weighted by Crippen LogP contribution is -2.51. The molecular formula is C34H52O. The second-order valence-corrected chi connectivity index (χ2v) is 14.1. The molecule has 0 bridgehead atoms. The average molecular weight is 477 g/mol. The topological polar surface area (TPSA) is 20.2 Å². The number of rotatable bonds is 7. The lowest BCUT2D eigenvalue weighted by Gasteiger charge is -2.59. The van der Waals surface area contributed by atoms with E-state index in [1.165, 1.54) is 75.3 Å². The van der Waals surface area contributed by atoms with Crippen LogP contribution in [0.5, 0.6) is 0 Å².